The number of hydrogen-bond donors (Lipinski definition) is 0. The van der Waals surface area contributed by atoms with Crippen LogP contribution in [0.3, 0.4) is 0 Å². The molecule has 0 radical (unpaired) electrons. The van der Waals surface area contributed by atoms with Crippen LogP contribution in [0.15, 0.2) is 18.2 Å². The first kappa shape index (κ1) is 13.7. The van der Waals surface area contributed by atoms with Crippen molar-refractivity contribution in [3.8, 4) is 0 Å². The Morgan fingerprint density at radius 1 is 1.32 bits per heavy atom. The summed E-state index contributed by atoms with van der Waals surface area (Å²) in [6.07, 6.45) is -4.70. The fourth-order valence-corrected chi connectivity index (χ4v) is 2.51. The Labute approximate surface area is 109 Å². The quantitative estimate of drug-likeness (QED) is 0.621. The second-order valence-electron chi connectivity index (χ2n) is 3.79. The van der Waals surface area contributed by atoms with Crippen LogP contribution in [0, 0.1) is 10.1 Å². The van der Waals surface area contributed by atoms with Crippen LogP contribution in [-0.2, 0) is 11.0 Å². The highest BCUT2D eigenvalue weighted by molar-refractivity contribution is 8.00. The molecule has 2 rings (SSSR count). The van der Waals surface area contributed by atoms with E-state index in [9.17, 15) is 28.1 Å². The number of rotatable bonds is 2. The van der Waals surface area contributed by atoms with E-state index >= 15 is 0 Å². The van der Waals surface area contributed by atoms with Crippen molar-refractivity contribution < 1.29 is 22.9 Å². The fraction of sp³-hybridized carbons (Fsp3) is 0.300. The molecular weight excluding hydrogens is 285 g/mol. The van der Waals surface area contributed by atoms with Gasteiger partial charge >= 0.3 is 6.18 Å². The Morgan fingerprint density at radius 3 is 2.47 bits per heavy atom. The van der Waals surface area contributed by atoms with Gasteiger partial charge in [-0.1, -0.05) is 0 Å². The standard InChI is InChI=1S/C10H7F3N2O3S/c11-10(12,13)6-1-7(3-8(2-6)15(17)18)14-5-19-4-9(14)16/h1-3H,4-5H2. The summed E-state index contributed by atoms with van der Waals surface area (Å²) in [7, 11) is 0. The third kappa shape index (κ3) is 2.80. The maximum absolute atomic E-state index is 12.7. The first-order chi connectivity index (χ1) is 8.79. The molecule has 0 aliphatic carbocycles. The van der Waals surface area contributed by atoms with Crippen molar-refractivity contribution in [2.24, 2.45) is 0 Å². The molecule has 0 atom stereocenters. The van der Waals surface area contributed by atoms with Crippen molar-refractivity contribution in [3.05, 3.63) is 33.9 Å². The first-order valence-electron chi connectivity index (χ1n) is 5.04. The number of nitrogens with zero attached hydrogens (tertiary/aromatic N) is 2. The normalized spacial score (nSPS) is 15.9. The van der Waals surface area contributed by atoms with Crippen LogP contribution in [0.25, 0.3) is 0 Å². The zero-order chi connectivity index (χ0) is 14.2. The van der Waals surface area contributed by atoms with E-state index in [2.05, 4.69) is 0 Å². The van der Waals surface area contributed by atoms with Gasteiger partial charge in [0.15, 0.2) is 0 Å². The molecule has 0 spiro atoms. The molecule has 1 aliphatic rings. The van der Waals surface area contributed by atoms with Gasteiger partial charge in [-0.15, -0.1) is 11.8 Å². The minimum Gasteiger partial charge on any atom is -0.302 e. The van der Waals surface area contributed by atoms with Gasteiger partial charge in [0.25, 0.3) is 5.69 Å². The molecule has 1 aromatic rings. The van der Waals surface area contributed by atoms with Crippen LogP contribution in [0.4, 0.5) is 24.5 Å². The Bertz CT molecular complexity index is 547. The number of amides is 1. The predicted molar refractivity (Wildman–Crippen MR) is 62.9 cm³/mol. The minimum atomic E-state index is -4.70. The summed E-state index contributed by atoms with van der Waals surface area (Å²) in [5.74, 6) is -0.0138. The number of benzene rings is 1. The molecule has 1 fully saturated rings. The largest absolute Gasteiger partial charge is 0.416 e. The monoisotopic (exact) mass is 292 g/mol. The Kier molecular flexibility index (Phi) is 3.40. The summed E-state index contributed by atoms with van der Waals surface area (Å²) in [6, 6.07) is 2.17. The SMILES string of the molecule is O=C1CSCN1c1cc([N+](=O)[O-])cc(C(F)(F)F)c1. The van der Waals surface area contributed by atoms with Gasteiger partial charge in [-0.2, -0.15) is 13.2 Å². The van der Waals surface area contributed by atoms with E-state index in [0.717, 1.165) is 17.0 Å². The lowest BCUT2D eigenvalue weighted by atomic mass is 10.1. The van der Waals surface area contributed by atoms with E-state index < -0.39 is 22.4 Å². The van der Waals surface area contributed by atoms with Crippen LogP contribution in [0.1, 0.15) is 5.56 Å². The molecule has 0 N–H and O–H groups in total. The topological polar surface area (TPSA) is 63.5 Å². The zero-order valence-electron chi connectivity index (χ0n) is 9.31. The second kappa shape index (κ2) is 4.72. The fourth-order valence-electron chi connectivity index (χ4n) is 1.61. The molecule has 1 heterocycles. The number of carbonyl (C=O) groups is 1. The Balaban J connectivity index is 2.51. The molecular formula is C10H7F3N2O3S. The molecule has 1 aromatic carbocycles. The van der Waals surface area contributed by atoms with E-state index in [0.29, 0.717) is 6.07 Å². The van der Waals surface area contributed by atoms with Gasteiger partial charge in [-0.05, 0) is 6.07 Å². The number of nitro groups is 1. The summed E-state index contributed by atoms with van der Waals surface area (Å²) < 4.78 is 38.0. The molecule has 9 heteroatoms. The second-order valence-corrected chi connectivity index (χ2v) is 4.75. The van der Waals surface area contributed by atoms with Gasteiger partial charge < -0.3 is 4.90 Å². The summed E-state index contributed by atoms with van der Waals surface area (Å²) in [5, 5.41) is 10.7. The van der Waals surface area contributed by atoms with Crippen molar-refractivity contribution in [1.82, 2.24) is 0 Å². The number of non-ortho nitro benzene ring substituents is 1. The van der Waals surface area contributed by atoms with Crippen molar-refractivity contribution in [1.29, 1.82) is 0 Å². The van der Waals surface area contributed by atoms with Crippen LogP contribution >= 0.6 is 11.8 Å². The van der Waals surface area contributed by atoms with Gasteiger partial charge in [-0.3, -0.25) is 14.9 Å². The van der Waals surface area contributed by atoms with E-state index in [1.807, 2.05) is 0 Å². The Morgan fingerprint density at radius 2 is 2.00 bits per heavy atom. The lowest BCUT2D eigenvalue weighted by Crippen LogP contribution is -2.25. The minimum absolute atomic E-state index is 0.100. The molecule has 1 amide bonds. The molecule has 1 saturated heterocycles. The zero-order valence-corrected chi connectivity index (χ0v) is 10.1. The Hall–Kier alpha value is -1.77. The van der Waals surface area contributed by atoms with E-state index in [1.165, 1.54) is 11.8 Å². The number of carbonyl (C=O) groups excluding carboxylic acids is 1. The van der Waals surface area contributed by atoms with Gasteiger partial charge in [0.05, 0.1) is 27.8 Å². The molecule has 0 bridgehead atoms. The smallest absolute Gasteiger partial charge is 0.302 e. The molecule has 0 saturated carbocycles. The highest BCUT2D eigenvalue weighted by Crippen LogP contribution is 2.36. The summed E-state index contributed by atoms with van der Waals surface area (Å²) in [4.78, 5) is 22.3. The van der Waals surface area contributed by atoms with Crippen LogP contribution in [0.5, 0.6) is 0 Å². The number of hydrogen-bond acceptors (Lipinski definition) is 4. The third-order valence-corrected chi connectivity index (χ3v) is 3.39. The summed E-state index contributed by atoms with van der Waals surface area (Å²) >= 11 is 1.24. The maximum Gasteiger partial charge on any atom is 0.416 e. The third-order valence-electron chi connectivity index (χ3n) is 2.50. The van der Waals surface area contributed by atoms with Gasteiger partial charge in [0, 0.05) is 12.1 Å². The average molecular weight is 292 g/mol. The molecule has 5 nitrogen and oxygen atoms in total. The van der Waals surface area contributed by atoms with Crippen LogP contribution in [0.2, 0.25) is 0 Å². The highest BCUT2D eigenvalue weighted by Gasteiger charge is 2.34. The van der Waals surface area contributed by atoms with Crippen LogP contribution < -0.4 is 4.90 Å². The number of thioether (sulfide) groups is 1. The van der Waals surface area contributed by atoms with Crippen molar-refractivity contribution in [3.63, 3.8) is 0 Å². The van der Waals surface area contributed by atoms with Crippen molar-refractivity contribution in [2.45, 2.75) is 6.18 Å². The van der Waals surface area contributed by atoms with Gasteiger partial charge in [0.1, 0.15) is 0 Å². The highest BCUT2D eigenvalue weighted by atomic mass is 32.2. The number of halogens is 3. The molecule has 0 unspecified atom stereocenters. The van der Waals surface area contributed by atoms with Crippen molar-refractivity contribution in [2.75, 3.05) is 16.5 Å². The average Bonchev–Trinajstić information content (AvgIpc) is 2.73. The van der Waals surface area contributed by atoms with Crippen LogP contribution in [-0.4, -0.2) is 22.5 Å². The predicted octanol–water partition coefficient (Wildman–Crippen LogP) is 2.65. The molecule has 19 heavy (non-hydrogen) atoms. The molecule has 0 aromatic heterocycles. The number of anilines is 1. The summed E-state index contributed by atoms with van der Waals surface area (Å²) in [6.45, 7) is 0. The number of nitro benzene ring substituents is 1. The maximum atomic E-state index is 12.7. The lowest BCUT2D eigenvalue weighted by Gasteiger charge is -2.16. The first-order valence-corrected chi connectivity index (χ1v) is 6.19. The van der Waals surface area contributed by atoms with E-state index in [-0.39, 0.29) is 23.2 Å². The number of alkyl halides is 3. The van der Waals surface area contributed by atoms with E-state index in [1.54, 1.807) is 0 Å². The van der Waals surface area contributed by atoms with Crippen molar-refractivity contribution >= 4 is 29.0 Å². The molecule has 1 aliphatic heterocycles. The van der Waals surface area contributed by atoms with Gasteiger partial charge in [0.2, 0.25) is 5.91 Å². The summed E-state index contributed by atoms with van der Waals surface area (Å²) in [5.41, 5.74) is -1.92. The molecule has 102 valence electrons. The van der Waals surface area contributed by atoms with Gasteiger partial charge in [-0.25, -0.2) is 0 Å². The lowest BCUT2D eigenvalue weighted by molar-refractivity contribution is -0.385. The van der Waals surface area contributed by atoms with E-state index in [4.69, 9.17) is 0 Å².